The second kappa shape index (κ2) is 8.06. The fraction of sp³-hybridized carbons (Fsp3) is 0.778. The summed E-state index contributed by atoms with van der Waals surface area (Å²) in [5.41, 5.74) is 0. The number of imide groups is 2. The third-order valence-electron chi connectivity index (χ3n) is 5.15. The molecule has 2 aliphatic rings. The van der Waals surface area contributed by atoms with Crippen molar-refractivity contribution in [2.75, 3.05) is 28.2 Å². The maximum atomic E-state index is 13.1. The minimum Gasteiger partial charge on any atom is -0.404 e. The lowest BCUT2D eigenvalue weighted by molar-refractivity contribution is -0.154. The molecule has 0 aliphatic carbocycles. The van der Waals surface area contributed by atoms with Crippen LogP contribution in [0, 0.1) is 0 Å². The fourth-order valence-electron chi connectivity index (χ4n) is 3.82. The van der Waals surface area contributed by atoms with E-state index in [1.165, 1.54) is 23.9 Å². The molecular formula is C18H34N4O6Si2. The molecule has 0 aromatic rings. The Balaban J connectivity index is 2.63. The lowest BCUT2D eigenvalue weighted by Gasteiger charge is -2.52. The smallest absolute Gasteiger partial charge is 0.326 e. The van der Waals surface area contributed by atoms with Gasteiger partial charge in [0.25, 0.3) is 11.8 Å². The summed E-state index contributed by atoms with van der Waals surface area (Å²) in [7, 11) is 1.47. The second-order valence-corrected chi connectivity index (χ2v) is 18.8. The minimum atomic E-state index is -2.23. The Labute approximate surface area is 180 Å². The molecule has 2 aliphatic heterocycles. The zero-order valence-corrected chi connectivity index (χ0v) is 21.5. The largest absolute Gasteiger partial charge is 0.404 e. The third kappa shape index (κ3) is 4.60. The summed E-state index contributed by atoms with van der Waals surface area (Å²) in [5, 5.41) is 0. The molecule has 0 aromatic heterocycles. The molecule has 12 heteroatoms. The van der Waals surface area contributed by atoms with Crippen LogP contribution in [0.2, 0.25) is 39.3 Å². The molecule has 30 heavy (non-hydrogen) atoms. The van der Waals surface area contributed by atoms with Crippen molar-refractivity contribution in [3.05, 3.63) is 0 Å². The van der Waals surface area contributed by atoms with Gasteiger partial charge in [-0.2, -0.15) is 0 Å². The van der Waals surface area contributed by atoms with E-state index >= 15 is 0 Å². The molecule has 4 atom stereocenters. The quantitative estimate of drug-likeness (QED) is 0.574. The first-order valence-electron chi connectivity index (χ1n) is 9.92. The van der Waals surface area contributed by atoms with Gasteiger partial charge in [0.05, 0.1) is 12.1 Å². The number of urea groups is 2. The minimum absolute atomic E-state index is 0.482. The summed E-state index contributed by atoms with van der Waals surface area (Å²) >= 11 is 0. The number of likely N-dealkylation sites (N-methyl/N-ethyl adjacent to an activating group) is 4. The number of rotatable bonds is 5. The van der Waals surface area contributed by atoms with Crippen LogP contribution in [0.4, 0.5) is 9.59 Å². The zero-order valence-electron chi connectivity index (χ0n) is 19.5. The molecule has 2 fully saturated rings. The predicted octanol–water partition coefficient (Wildman–Crippen LogP) is 1.21. The summed E-state index contributed by atoms with van der Waals surface area (Å²) in [6.45, 7) is 11.7. The van der Waals surface area contributed by atoms with Gasteiger partial charge < -0.3 is 18.7 Å². The van der Waals surface area contributed by atoms with Crippen molar-refractivity contribution < 1.29 is 28.0 Å². The van der Waals surface area contributed by atoms with E-state index in [0.717, 1.165) is 9.80 Å². The summed E-state index contributed by atoms with van der Waals surface area (Å²) in [6, 6.07) is -2.75. The Morgan fingerprint density at radius 2 is 0.867 bits per heavy atom. The third-order valence-corrected chi connectivity index (χ3v) is 7.07. The molecular weight excluding hydrogens is 424 g/mol. The van der Waals surface area contributed by atoms with Gasteiger partial charge in [0.2, 0.25) is 0 Å². The van der Waals surface area contributed by atoms with Crippen LogP contribution in [0.25, 0.3) is 0 Å². The molecule has 0 spiro atoms. The van der Waals surface area contributed by atoms with Gasteiger partial charge in [-0.25, -0.2) is 9.59 Å². The van der Waals surface area contributed by atoms with Crippen LogP contribution in [0.5, 0.6) is 0 Å². The normalized spacial score (nSPS) is 29.3. The number of carbonyl (C=O) groups is 4. The molecule has 6 amide bonds. The van der Waals surface area contributed by atoms with Crippen molar-refractivity contribution in [2.24, 2.45) is 0 Å². The molecule has 0 aromatic carbocycles. The predicted molar refractivity (Wildman–Crippen MR) is 116 cm³/mol. The van der Waals surface area contributed by atoms with E-state index in [0.29, 0.717) is 0 Å². The van der Waals surface area contributed by atoms with Gasteiger partial charge in [-0.15, -0.1) is 0 Å². The molecule has 0 bridgehead atoms. The van der Waals surface area contributed by atoms with Gasteiger partial charge in [-0.05, 0) is 39.3 Å². The van der Waals surface area contributed by atoms with Gasteiger partial charge in [0.15, 0.2) is 16.6 Å². The van der Waals surface area contributed by atoms with Gasteiger partial charge in [0, 0.05) is 28.2 Å². The number of amides is 6. The molecule has 2 heterocycles. The summed E-state index contributed by atoms with van der Waals surface area (Å²) in [4.78, 5) is 56.6. The zero-order chi connectivity index (χ0) is 23.3. The Morgan fingerprint density at radius 1 is 0.600 bits per heavy atom. The number of hydrogen-bond donors (Lipinski definition) is 0. The summed E-state index contributed by atoms with van der Waals surface area (Å²) in [5.74, 6) is -0.964. The molecule has 4 unspecified atom stereocenters. The molecule has 170 valence electrons. The van der Waals surface area contributed by atoms with E-state index in [1.807, 2.05) is 39.3 Å². The Bertz CT molecular complexity index is 688. The van der Waals surface area contributed by atoms with Crippen molar-refractivity contribution in [1.82, 2.24) is 19.6 Å². The molecule has 2 saturated heterocycles. The van der Waals surface area contributed by atoms with Crippen molar-refractivity contribution >= 4 is 40.5 Å². The van der Waals surface area contributed by atoms with Crippen LogP contribution >= 0.6 is 0 Å². The molecule has 0 saturated carbocycles. The van der Waals surface area contributed by atoms with Crippen LogP contribution in [-0.4, -0.2) is 113 Å². The van der Waals surface area contributed by atoms with Crippen molar-refractivity contribution in [3.8, 4) is 0 Å². The Morgan fingerprint density at radius 3 is 1.10 bits per heavy atom. The first-order valence-corrected chi connectivity index (χ1v) is 16.7. The number of carbonyl (C=O) groups excluding carboxylic acids is 4. The van der Waals surface area contributed by atoms with E-state index in [-0.39, 0.29) is 0 Å². The Kier molecular flexibility index (Phi) is 6.58. The highest BCUT2D eigenvalue weighted by Crippen LogP contribution is 2.32. The van der Waals surface area contributed by atoms with Gasteiger partial charge in [-0.3, -0.25) is 19.4 Å². The summed E-state index contributed by atoms with van der Waals surface area (Å²) < 4.78 is 12.4. The van der Waals surface area contributed by atoms with Crippen LogP contribution in [0.3, 0.4) is 0 Å². The topological polar surface area (TPSA) is 99.7 Å². The summed E-state index contributed by atoms with van der Waals surface area (Å²) in [6.07, 6.45) is -2.01. The highest BCUT2D eigenvalue weighted by molar-refractivity contribution is 6.70. The van der Waals surface area contributed by atoms with E-state index in [1.54, 1.807) is 14.1 Å². The van der Waals surface area contributed by atoms with E-state index in [9.17, 15) is 19.2 Å². The van der Waals surface area contributed by atoms with Crippen LogP contribution in [0.1, 0.15) is 0 Å². The first kappa shape index (κ1) is 24.5. The van der Waals surface area contributed by atoms with E-state index in [4.69, 9.17) is 8.85 Å². The SMILES string of the molecule is CN1C(=O)C(O[Si](C)(C)C)C(C2C(O[Si](C)(C)C)C(=O)N(C)C(=O)N2C)N(C)C1=O. The van der Waals surface area contributed by atoms with E-state index in [2.05, 4.69) is 0 Å². The monoisotopic (exact) mass is 458 g/mol. The molecule has 10 nitrogen and oxygen atoms in total. The Hall–Kier alpha value is -1.77. The average Bonchev–Trinajstić information content (AvgIpc) is 2.60. The molecule has 0 radical (unpaired) electrons. The van der Waals surface area contributed by atoms with Crippen molar-refractivity contribution in [2.45, 2.75) is 63.6 Å². The molecule has 0 N–H and O–H groups in total. The van der Waals surface area contributed by atoms with Crippen LogP contribution in [-0.2, 0) is 18.4 Å². The van der Waals surface area contributed by atoms with E-state index < -0.39 is 64.8 Å². The maximum absolute atomic E-state index is 13.1. The highest BCUT2D eigenvalue weighted by atomic mass is 28.4. The first-order chi connectivity index (χ1) is 13.5. The standard InChI is InChI=1S/C18H34N4O6Si2/c1-19-11(13(27-29(5,6)7)15(23)21(3)17(19)25)12-14(28-30(8,9)10)16(24)22(4)18(26)20(12)2/h11-14H,1-10H3. The van der Waals surface area contributed by atoms with Crippen molar-refractivity contribution in [1.29, 1.82) is 0 Å². The van der Waals surface area contributed by atoms with Gasteiger partial charge in [0.1, 0.15) is 12.2 Å². The van der Waals surface area contributed by atoms with Crippen LogP contribution in [0.15, 0.2) is 0 Å². The fourth-order valence-corrected chi connectivity index (χ4v) is 5.82. The number of nitrogens with zero attached hydrogens (tertiary/aromatic N) is 4. The average molecular weight is 459 g/mol. The van der Waals surface area contributed by atoms with Gasteiger partial charge >= 0.3 is 12.1 Å². The maximum Gasteiger partial charge on any atom is 0.326 e. The number of hydrogen-bond acceptors (Lipinski definition) is 6. The highest BCUT2D eigenvalue weighted by Gasteiger charge is 2.57. The van der Waals surface area contributed by atoms with Crippen LogP contribution < -0.4 is 0 Å². The lowest BCUT2D eigenvalue weighted by Crippen LogP contribution is -2.75. The van der Waals surface area contributed by atoms with Crippen molar-refractivity contribution in [3.63, 3.8) is 0 Å². The molecule has 2 rings (SSSR count). The second-order valence-electron chi connectivity index (χ2n) is 9.86. The lowest BCUT2D eigenvalue weighted by atomic mass is 9.90. The van der Waals surface area contributed by atoms with Gasteiger partial charge in [-0.1, -0.05) is 0 Å².